The fourth-order valence-electron chi connectivity index (χ4n) is 1.56. The molecule has 0 spiro atoms. The highest BCUT2D eigenvalue weighted by molar-refractivity contribution is 5.76. The van der Waals surface area contributed by atoms with Gasteiger partial charge in [-0.2, -0.15) is 0 Å². The Bertz CT molecular complexity index is 575. The minimum Gasteiger partial charge on any atom is -0.479 e. The Labute approximate surface area is 103 Å². The molecular formula is C12H12FN3O2. The quantitative estimate of drug-likeness (QED) is 0.902. The number of nitrogens with zero attached hydrogens (tertiary/aromatic N) is 3. The summed E-state index contributed by atoms with van der Waals surface area (Å²) in [6.07, 6.45) is 1.46. The van der Waals surface area contributed by atoms with Crippen LogP contribution in [0.25, 0.3) is 11.3 Å². The minimum absolute atomic E-state index is 0.352. The predicted octanol–water partition coefficient (Wildman–Crippen LogP) is 1.90. The number of carbonyl (C=O) groups is 1. The van der Waals surface area contributed by atoms with E-state index in [0.717, 1.165) is 0 Å². The van der Waals surface area contributed by atoms with Crippen molar-refractivity contribution in [3.8, 4) is 11.3 Å². The van der Waals surface area contributed by atoms with Gasteiger partial charge in [0.2, 0.25) is 0 Å². The molecule has 0 atom stereocenters. The number of halogens is 1. The first-order chi connectivity index (χ1) is 8.43. The van der Waals surface area contributed by atoms with Crippen LogP contribution in [0.4, 0.5) is 4.39 Å². The van der Waals surface area contributed by atoms with E-state index >= 15 is 0 Å². The SMILES string of the molecule is CC(C)(C(=O)O)n1nncc1-c1ccc(F)cc1. The molecule has 0 saturated heterocycles. The molecule has 0 aliphatic carbocycles. The number of hydrogen-bond donors (Lipinski definition) is 1. The van der Waals surface area contributed by atoms with Crippen LogP contribution in [0.15, 0.2) is 30.5 Å². The van der Waals surface area contributed by atoms with E-state index in [-0.39, 0.29) is 5.82 Å². The predicted molar refractivity (Wildman–Crippen MR) is 62.4 cm³/mol. The molecule has 1 N–H and O–H groups in total. The van der Waals surface area contributed by atoms with Gasteiger partial charge in [0.05, 0.1) is 11.9 Å². The normalized spacial score (nSPS) is 11.5. The molecule has 1 aromatic carbocycles. The summed E-state index contributed by atoms with van der Waals surface area (Å²) in [5, 5.41) is 16.7. The summed E-state index contributed by atoms with van der Waals surface area (Å²) in [5.41, 5.74) is -0.0293. The van der Waals surface area contributed by atoms with Crippen LogP contribution < -0.4 is 0 Å². The van der Waals surface area contributed by atoms with Crippen molar-refractivity contribution in [1.82, 2.24) is 15.0 Å². The van der Waals surface area contributed by atoms with E-state index in [1.807, 2.05) is 0 Å². The Morgan fingerprint density at radius 3 is 2.50 bits per heavy atom. The van der Waals surface area contributed by atoms with Crippen LogP contribution >= 0.6 is 0 Å². The lowest BCUT2D eigenvalue weighted by Gasteiger charge is -2.21. The lowest BCUT2D eigenvalue weighted by Crippen LogP contribution is -2.37. The number of aliphatic carboxylic acids is 1. The van der Waals surface area contributed by atoms with Crippen LogP contribution in [0, 0.1) is 5.82 Å². The topological polar surface area (TPSA) is 68.0 Å². The Hall–Kier alpha value is -2.24. The summed E-state index contributed by atoms with van der Waals surface area (Å²) in [6.45, 7) is 3.05. The molecule has 2 aromatic rings. The maximum atomic E-state index is 12.9. The molecule has 6 heteroatoms. The van der Waals surface area contributed by atoms with Crippen LogP contribution in [-0.4, -0.2) is 26.1 Å². The van der Waals surface area contributed by atoms with Gasteiger partial charge in [0.15, 0.2) is 5.54 Å². The zero-order valence-electron chi connectivity index (χ0n) is 9.96. The van der Waals surface area contributed by atoms with E-state index in [9.17, 15) is 14.3 Å². The molecule has 94 valence electrons. The minimum atomic E-state index is -1.22. The molecule has 1 heterocycles. The van der Waals surface area contributed by atoms with Gasteiger partial charge in [-0.05, 0) is 38.1 Å². The molecule has 18 heavy (non-hydrogen) atoms. The zero-order valence-corrected chi connectivity index (χ0v) is 9.96. The van der Waals surface area contributed by atoms with Crippen LogP contribution in [0.2, 0.25) is 0 Å². The number of hydrogen-bond acceptors (Lipinski definition) is 3. The van der Waals surface area contributed by atoms with Gasteiger partial charge in [-0.15, -0.1) is 5.10 Å². The fraction of sp³-hybridized carbons (Fsp3) is 0.250. The number of rotatable bonds is 3. The number of carboxylic acid groups (broad SMARTS) is 1. The first-order valence-electron chi connectivity index (χ1n) is 5.33. The Balaban J connectivity index is 2.52. The number of aromatic nitrogens is 3. The maximum Gasteiger partial charge on any atom is 0.331 e. The third-order valence-corrected chi connectivity index (χ3v) is 2.74. The van der Waals surface area contributed by atoms with Gasteiger partial charge in [-0.3, -0.25) is 0 Å². The maximum absolute atomic E-state index is 12.9. The third-order valence-electron chi connectivity index (χ3n) is 2.74. The molecule has 0 amide bonds. The molecule has 0 fully saturated rings. The van der Waals surface area contributed by atoms with Crippen molar-refractivity contribution in [3.05, 3.63) is 36.3 Å². The van der Waals surface area contributed by atoms with Crippen molar-refractivity contribution >= 4 is 5.97 Å². The largest absolute Gasteiger partial charge is 0.479 e. The fourth-order valence-corrected chi connectivity index (χ4v) is 1.56. The van der Waals surface area contributed by atoms with Crippen LogP contribution in [-0.2, 0) is 10.3 Å². The van der Waals surface area contributed by atoms with Crippen molar-refractivity contribution in [2.24, 2.45) is 0 Å². The van der Waals surface area contributed by atoms with E-state index in [1.54, 1.807) is 12.1 Å². The van der Waals surface area contributed by atoms with Gasteiger partial charge in [-0.1, -0.05) is 5.21 Å². The molecule has 5 nitrogen and oxygen atoms in total. The number of carboxylic acids is 1. The van der Waals surface area contributed by atoms with E-state index in [4.69, 9.17) is 0 Å². The van der Waals surface area contributed by atoms with Crippen molar-refractivity contribution in [1.29, 1.82) is 0 Å². The molecule has 0 radical (unpaired) electrons. The van der Waals surface area contributed by atoms with Gasteiger partial charge in [0.1, 0.15) is 5.82 Å². The van der Waals surface area contributed by atoms with Gasteiger partial charge in [0, 0.05) is 5.56 Å². The first kappa shape index (κ1) is 12.2. The molecule has 1 aromatic heterocycles. The van der Waals surface area contributed by atoms with Gasteiger partial charge in [-0.25, -0.2) is 13.9 Å². The van der Waals surface area contributed by atoms with Crippen LogP contribution in [0.1, 0.15) is 13.8 Å². The lowest BCUT2D eigenvalue weighted by molar-refractivity contribution is -0.146. The van der Waals surface area contributed by atoms with Crippen molar-refractivity contribution < 1.29 is 14.3 Å². The summed E-state index contributed by atoms with van der Waals surface area (Å²) in [7, 11) is 0. The van der Waals surface area contributed by atoms with E-state index < -0.39 is 11.5 Å². The average molecular weight is 249 g/mol. The Kier molecular flexibility index (Phi) is 2.86. The summed E-state index contributed by atoms with van der Waals surface area (Å²) in [4.78, 5) is 11.2. The molecular weight excluding hydrogens is 237 g/mol. The lowest BCUT2D eigenvalue weighted by atomic mass is 10.0. The smallest absolute Gasteiger partial charge is 0.331 e. The van der Waals surface area contributed by atoms with E-state index in [0.29, 0.717) is 11.3 Å². The van der Waals surface area contributed by atoms with Crippen molar-refractivity contribution in [2.75, 3.05) is 0 Å². The average Bonchev–Trinajstić information content (AvgIpc) is 2.79. The second kappa shape index (κ2) is 4.21. The molecule has 0 aliphatic heterocycles. The highest BCUT2D eigenvalue weighted by Gasteiger charge is 2.32. The second-order valence-corrected chi connectivity index (χ2v) is 4.40. The molecule has 0 saturated carbocycles. The first-order valence-corrected chi connectivity index (χ1v) is 5.33. The van der Waals surface area contributed by atoms with Crippen molar-refractivity contribution in [2.45, 2.75) is 19.4 Å². The second-order valence-electron chi connectivity index (χ2n) is 4.40. The summed E-state index contributed by atoms with van der Waals surface area (Å²) in [6, 6.07) is 5.73. The molecule has 0 aliphatic rings. The standard InChI is InChI=1S/C12H12FN3O2/c1-12(2,11(17)18)16-10(7-14-15-16)8-3-5-9(13)6-4-8/h3-7H,1-2H3,(H,17,18). The third kappa shape index (κ3) is 1.97. The molecule has 0 unspecified atom stereocenters. The highest BCUT2D eigenvalue weighted by Crippen LogP contribution is 2.24. The molecule has 2 rings (SSSR count). The Morgan fingerprint density at radius 2 is 1.94 bits per heavy atom. The van der Waals surface area contributed by atoms with Crippen LogP contribution in [0.3, 0.4) is 0 Å². The van der Waals surface area contributed by atoms with Gasteiger partial charge in [0.25, 0.3) is 0 Å². The monoisotopic (exact) mass is 249 g/mol. The number of benzene rings is 1. The van der Waals surface area contributed by atoms with Gasteiger partial charge < -0.3 is 5.11 Å². The van der Waals surface area contributed by atoms with Crippen LogP contribution in [0.5, 0.6) is 0 Å². The summed E-state index contributed by atoms with van der Waals surface area (Å²) >= 11 is 0. The Morgan fingerprint density at radius 1 is 1.33 bits per heavy atom. The zero-order chi connectivity index (χ0) is 13.3. The molecule has 0 bridgehead atoms. The van der Waals surface area contributed by atoms with E-state index in [2.05, 4.69) is 10.3 Å². The van der Waals surface area contributed by atoms with Gasteiger partial charge >= 0.3 is 5.97 Å². The summed E-state index contributed by atoms with van der Waals surface area (Å²) in [5.74, 6) is -1.37. The van der Waals surface area contributed by atoms with E-state index in [1.165, 1.54) is 36.9 Å². The highest BCUT2D eigenvalue weighted by atomic mass is 19.1. The summed E-state index contributed by atoms with van der Waals surface area (Å²) < 4.78 is 14.2. The van der Waals surface area contributed by atoms with Crippen molar-refractivity contribution in [3.63, 3.8) is 0 Å².